The number of furan rings is 1. The number of benzene rings is 4. The Labute approximate surface area is 255 Å². The topological polar surface area (TPSA) is 126 Å². The molecule has 0 radical (unpaired) electrons. The number of nitrogens with one attached hydrogen (secondary N) is 2. The van der Waals surface area contributed by atoms with Crippen molar-refractivity contribution in [2.45, 2.75) is 12.8 Å². The summed E-state index contributed by atoms with van der Waals surface area (Å²) in [5, 5.41) is 6.49. The summed E-state index contributed by atoms with van der Waals surface area (Å²) in [5.74, 6) is 5.31. The van der Waals surface area contributed by atoms with Gasteiger partial charge in [-0.2, -0.15) is 8.42 Å². The highest BCUT2D eigenvalue weighted by Crippen LogP contribution is 2.28. The van der Waals surface area contributed by atoms with Crippen LogP contribution in [0.15, 0.2) is 114 Å². The van der Waals surface area contributed by atoms with Crippen LogP contribution in [0.5, 0.6) is 0 Å². The predicted octanol–water partition coefficient (Wildman–Crippen LogP) is 5.96. The van der Waals surface area contributed by atoms with E-state index in [1.54, 1.807) is 24.3 Å². The van der Waals surface area contributed by atoms with Crippen molar-refractivity contribution in [3.05, 3.63) is 126 Å². The van der Waals surface area contributed by atoms with Gasteiger partial charge in [0.15, 0.2) is 0 Å². The summed E-state index contributed by atoms with van der Waals surface area (Å²) in [6.07, 6.45) is 0.701. The fraction of sp³-hybridized carbons (Fsp3) is 0.143. The van der Waals surface area contributed by atoms with Crippen LogP contribution in [0.3, 0.4) is 0 Å². The van der Waals surface area contributed by atoms with Crippen LogP contribution in [0.1, 0.15) is 27.9 Å². The zero-order chi connectivity index (χ0) is 30.9. The van der Waals surface area contributed by atoms with Crippen molar-refractivity contribution in [3.8, 4) is 23.2 Å². The normalized spacial score (nSPS) is 11.8. The number of carbonyl (C=O) groups is 2. The van der Waals surface area contributed by atoms with Crippen LogP contribution in [0.25, 0.3) is 22.3 Å². The van der Waals surface area contributed by atoms with E-state index in [0.29, 0.717) is 24.1 Å². The highest BCUT2D eigenvalue weighted by Gasteiger charge is 2.19. The van der Waals surface area contributed by atoms with Crippen molar-refractivity contribution in [1.82, 2.24) is 5.32 Å². The molecule has 222 valence electrons. The fourth-order valence-corrected chi connectivity index (χ4v) is 4.97. The molecule has 1 unspecified atom stereocenters. The first-order valence-electron chi connectivity index (χ1n) is 14.0. The lowest BCUT2D eigenvalue weighted by atomic mass is 9.94. The van der Waals surface area contributed by atoms with E-state index in [-0.39, 0.29) is 12.5 Å². The standard InChI is InChI=1S/C35H30N2O6S/c38-34(36-21-22-44(40,41)42)28-15-13-26(14-16-28)23-30(11-6-9-25-7-2-1-3-8-25)35(39)37-31-19-17-27(18-20-31)33-24-29-10-4-5-12-32(29)43-33/h1-5,7-8,10,12-20,24,30H,11,21-23H2,(H,36,38)(H,37,39)(H,40,41,42). The summed E-state index contributed by atoms with van der Waals surface area (Å²) in [4.78, 5) is 25.8. The Morgan fingerprint density at radius 1 is 0.864 bits per heavy atom. The molecule has 1 aromatic heterocycles. The summed E-state index contributed by atoms with van der Waals surface area (Å²) < 4.78 is 36.6. The van der Waals surface area contributed by atoms with Crippen molar-refractivity contribution in [2.24, 2.45) is 5.92 Å². The summed E-state index contributed by atoms with van der Waals surface area (Å²) >= 11 is 0. The van der Waals surface area contributed by atoms with Crippen LogP contribution in [-0.2, 0) is 21.3 Å². The lowest BCUT2D eigenvalue weighted by Gasteiger charge is -2.15. The fourth-order valence-electron chi connectivity index (χ4n) is 4.61. The van der Waals surface area contributed by atoms with Gasteiger partial charge in [0, 0.05) is 40.7 Å². The lowest BCUT2D eigenvalue weighted by Crippen LogP contribution is -2.29. The molecule has 44 heavy (non-hydrogen) atoms. The van der Waals surface area contributed by atoms with Crippen molar-refractivity contribution in [2.75, 3.05) is 17.6 Å². The van der Waals surface area contributed by atoms with Gasteiger partial charge in [-0.05, 0) is 72.6 Å². The van der Waals surface area contributed by atoms with Gasteiger partial charge in [0.2, 0.25) is 5.91 Å². The van der Waals surface area contributed by atoms with Crippen LogP contribution in [0.4, 0.5) is 5.69 Å². The number of para-hydroxylation sites is 1. The van der Waals surface area contributed by atoms with E-state index >= 15 is 0 Å². The molecule has 0 saturated heterocycles. The molecule has 0 aliphatic rings. The molecular weight excluding hydrogens is 576 g/mol. The molecule has 9 heteroatoms. The van der Waals surface area contributed by atoms with Gasteiger partial charge in [0.1, 0.15) is 11.3 Å². The van der Waals surface area contributed by atoms with Gasteiger partial charge in [0.25, 0.3) is 16.0 Å². The SMILES string of the molecule is O=C(NCCS(=O)(=O)O)c1ccc(CC(CC#Cc2ccccc2)C(=O)Nc2ccc(-c3cc4ccccc4o3)cc2)cc1. The Morgan fingerprint density at radius 2 is 1.57 bits per heavy atom. The Bertz CT molecular complexity index is 1890. The lowest BCUT2D eigenvalue weighted by molar-refractivity contribution is -0.119. The maximum atomic E-state index is 13.5. The first kappa shape index (κ1) is 30.3. The van der Waals surface area contributed by atoms with E-state index in [4.69, 9.17) is 8.97 Å². The van der Waals surface area contributed by atoms with Gasteiger partial charge in [-0.15, -0.1) is 0 Å². The average Bonchev–Trinajstić information content (AvgIpc) is 3.46. The molecule has 4 aromatic carbocycles. The molecule has 0 aliphatic carbocycles. The van der Waals surface area contributed by atoms with E-state index < -0.39 is 27.7 Å². The average molecular weight is 607 g/mol. The van der Waals surface area contributed by atoms with E-state index in [9.17, 15) is 18.0 Å². The Kier molecular flexibility index (Phi) is 9.55. The minimum Gasteiger partial charge on any atom is -0.456 e. The first-order chi connectivity index (χ1) is 21.2. The van der Waals surface area contributed by atoms with Crippen LogP contribution >= 0.6 is 0 Å². The molecular formula is C35H30N2O6S. The van der Waals surface area contributed by atoms with E-state index in [1.165, 1.54) is 0 Å². The number of rotatable bonds is 10. The van der Waals surface area contributed by atoms with Gasteiger partial charge >= 0.3 is 0 Å². The molecule has 3 N–H and O–H groups in total. The van der Waals surface area contributed by atoms with Crippen molar-refractivity contribution < 1.29 is 27.0 Å². The zero-order valence-electron chi connectivity index (χ0n) is 23.7. The van der Waals surface area contributed by atoms with Gasteiger partial charge in [0.05, 0.1) is 11.7 Å². The number of amides is 2. The molecule has 0 fully saturated rings. The summed E-state index contributed by atoms with van der Waals surface area (Å²) in [6.45, 7) is -0.207. The number of hydrogen-bond acceptors (Lipinski definition) is 5. The second kappa shape index (κ2) is 13.9. The minimum absolute atomic E-state index is 0.184. The number of anilines is 1. The molecule has 5 aromatic rings. The number of carbonyl (C=O) groups excluding carboxylic acids is 2. The summed E-state index contributed by atoms with van der Waals surface area (Å²) in [7, 11) is -4.17. The number of hydrogen-bond donors (Lipinski definition) is 3. The summed E-state index contributed by atoms with van der Waals surface area (Å²) in [6, 6.07) is 33.5. The van der Waals surface area contributed by atoms with Crippen molar-refractivity contribution in [1.29, 1.82) is 0 Å². The molecule has 5 rings (SSSR count). The van der Waals surface area contributed by atoms with Gasteiger partial charge in [-0.25, -0.2) is 0 Å². The third kappa shape index (κ3) is 8.44. The second-order valence-corrected chi connectivity index (χ2v) is 11.8. The minimum atomic E-state index is -4.17. The Hall–Kier alpha value is -5.17. The first-order valence-corrected chi connectivity index (χ1v) is 15.6. The highest BCUT2D eigenvalue weighted by molar-refractivity contribution is 7.85. The predicted molar refractivity (Wildman–Crippen MR) is 171 cm³/mol. The molecule has 1 atom stereocenters. The smallest absolute Gasteiger partial charge is 0.266 e. The third-order valence-electron chi connectivity index (χ3n) is 6.93. The Balaban J connectivity index is 1.27. The molecule has 1 heterocycles. The van der Waals surface area contributed by atoms with Gasteiger partial charge in [-0.3, -0.25) is 14.1 Å². The van der Waals surface area contributed by atoms with E-state index in [1.807, 2.05) is 84.9 Å². The summed E-state index contributed by atoms with van der Waals surface area (Å²) in [5.41, 5.74) is 4.38. The van der Waals surface area contributed by atoms with Crippen LogP contribution < -0.4 is 10.6 Å². The molecule has 0 aliphatic heterocycles. The van der Waals surface area contributed by atoms with E-state index in [0.717, 1.165) is 33.4 Å². The largest absolute Gasteiger partial charge is 0.456 e. The van der Waals surface area contributed by atoms with Gasteiger partial charge in [-0.1, -0.05) is 60.4 Å². The molecule has 2 amide bonds. The Morgan fingerprint density at radius 3 is 2.27 bits per heavy atom. The molecule has 0 bridgehead atoms. The second-order valence-electron chi connectivity index (χ2n) is 10.2. The maximum Gasteiger partial charge on any atom is 0.266 e. The van der Waals surface area contributed by atoms with Gasteiger partial charge < -0.3 is 15.1 Å². The molecule has 0 saturated carbocycles. The third-order valence-corrected chi connectivity index (χ3v) is 7.65. The van der Waals surface area contributed by atoms with Crippen LogP contribution in [-0.4, -0.2) is 37.1 Å². The number of fused-ring (bicyclic) bond motifs is 1. The molecule has 8 nitrogen and oxygen atoms in total. The van der Waals surface area contributed by atoms with Crippen LogP contribution in [0.2, 0.25) is 0 Å². The quantitative estimate of drug-likeness (QED) is 0.133. The van der Waals surface area contributed by atoms with E-state index in [2.05, 4.69) is 22.5 Å². The zero-order valence-corrected chi connectivity index (χ0v) is 24.5. The highest BCUT2D eigenvalue weighted by atomic mass is 32.2. The monoisotopic (exact) mass is 606 g/mol. The van der Waals surface area contributed by atoms with Crippen LogP contribution in [0, 0.1) is 17.8 Å². The molecule has 0 spiro atoms. The van der Waals surface area contributed by atoms with Crippen molar-refractivity contribution >= 4 is 38.6 Å². The van der Waals surface area contributed by atoms with Crippen molar-refractivity contribution in [3.63, 3.8) is 0 Å². The maximum absolute atomic E-state index is 13.5.